The van der Waals surface area contributed by atoms with Crippen molar-refractivity contribution >= 4 is 29.6 Å². The van der Waals surface area contributed by atoms with Gasteiger partial charge >= 0.3 is 6.09 Å². The first kappa shape index (κ1) is 20.1. The van der Waals surface area contributed by atoms with Crippen LogP contribution in [0.3, 0.4) is 0 Å². The van der Waals surface area contributed by atoms with E-state index < -0.39 is 6.09 Å². The summed E-state index contributed by atoms with van der Waals surface area (Å²) < 4.78 is 7.07. The molecule has 2 atom stereocenters. The van der Waals surface area contributed by atoms with Crippen LogP contribution < -0.4 is 10.2 Å². The van der Waals surface area contributed by atoms with Crippen LogP contribution in [0.1, 0.15) is 37.8 Å². The van der Waals surface area contributed by atoms with Crippen molar-refractivity contribution in [1.29, 1.82) is 0 Å². The molecule has 3 heterocycles. The van der Waals surface area contributed by atoms with E-state index in [0.717, 1.165) is 17.8 Å². The average Bonchev–Trinajstić information content (AvgIpc) is 3.35. The van der Waals surface area contributed by atoms with Gasteiger partial charge in [0.25, 0.3) is 0 Å². The summed E-state index contributed by atoms with van der Waals surface area (Å²) in [5, 5.41) is 3.93. The normalized spacial score (nSPS) is 17.1. The van der Waals surface area contributed by atoms with E-state index in [2.05, 4.69) is 25.3 Å². The molecule has 1 aromatic carbocycles. The number of carbonyl (C=O) groups excluding carboxylic acids is 1. The van der Waals surface area contributed by atoms with Gasteiger partial charge in [-0.2, -0.15) is 15.0 Å². The van der Waals surface area contributed by atoms with Gasteiger partial charge in [0.1, 0.15) is 12.4 Å². The van der Waals surface area contributed by atoms with Crippen molar-refractivity contribution in [3.63, 3.8) is 0 Å². The maximum atomic E-state index is 12.1. The predicted octanol–water partition coefficient (Wildman–Crippen LogP) is 3.93. The second-order valence-corrected chi connectivity index (χ2v) is 7.50. The van der Waals surface area contributed by atoms with Gasteiger partial charge in [0, 0.05) is 16.9 Å². The second-order valence-electron chi connectivity index (χ2n) is 7.06. The third kappa shape index (κ3) is 4.06. The molecular weight excluding hydrogens is 406 g/mol. The molecule has 1 amide bonds. The molecule has 1 saturated heterocycles. The average molecular weight is 428 g/mol. The van der Waals surface area contributed by atoms with Crippen LogP contribution in [0.5, 0.6) is 0 Å². The van der Waals surface area contributed by atoms with Crippen LogP contribution >= 0.6 is 11.6 Å². The van der Waals surface area contributed by atoms with E-state index in [9.17, 15) is 4.79 Å². The molecule has 0 aliphatic carbocycles. The summed E-state index contributed by atoms with van der Waals surface area (Å²) in [4.78, 5) is 31.2. The van der Waals surface area contributed by atoms with Gasteiger partial charge in [-0.15, -0.1) is 0 Å². The number of hydrogen-bond acceptors (Lipinski definition) is 7. The van der Waals surface area contributed by atoms with Crippen LogP contribution in [-0.4, -0.2) is 43.2 Å². The molecule has 9 nitrogen and oxygen atoms in total. The SMILES string of the molecule is CC[C@H]1COC(=O)N1c1nc(C)nc(NC(C)c2cn(-c3ccc(Cl)cc3)cn2)n1. The third-order valence-corrected chi connectivity index (χ3v) is 5.15. The zero-order valence-electron chi connectivity index (χ0n) is 16.9. The minimum Gasteiger partial charge on any atom is -0.447 e. The fraction of sp³-hybridized carbons (Fsp3) is 0.350. The summed E-state index contributed by atoms with van der Waals surface area (Å²) in [5.74, 6) is 1.18. The molecule has 1 aliphatic rings. The van der Waals surface area contributed by atoms with Crippen molar-refractivity contribution in [1.82, 2.24) is 24.5 Å². The molecule has 0 radical (unpaired) electrons. The summed E-state index contributed by atoms with van der Waals surface area (Å²) in [7, 11) is 0. The van der Waals surface area contributed by atoms with E-state index in [1.54, 1.807) is 13.3 Å². The lowest BCUT2D eigenvalue weighted by atomic mass is 10.2. The Hall–Kier alpha value is -3.20. The lowest BCUT2D eigenvalue weighted by molar-refractivity contribution is 0.178. The molecule has 0 saturated carbocycles. The fourth-order valence-electron chi connectivity index (χ4n) is 3.23. The summed E-state index contributed by atoms with van der Waals surface area (Å²) in [6.45, 7) is 6.05. The fourth-order valence-corrected chi connectivity index (χ4v) is 3.36. The van der Waals surface area contributed by atoms with E-state index >= 15 is 0 Å². The Morgan fingerprint density at radius 2 is 2.03 bits per heavy atom. The van der Waals surface area contributed by atoms with Crippen LogP contribution in [0.2, 0.25) is 5.02 Å². The highest BCUT2D eigenvalue weighted by atomic mass is 35.5. The first-order chi connectivity index (χ1) is 14.4. The minimum atomic E-state index is -0.437. The molecule has 1 unspecified atom stereocenters. The number of imidazole rings is 1. The maximum Gasteiger partial charge on any atom is 0.417 e. The van der Waals surface area contributed by atoms with Gasteiger partial charge in [0.05, 0.1) is 24.1 Å². The highest BCUT2D eigenvalue weighted by Gasteiger charge is 2.35. The molecule has 2 aromatic heterocycles. The number of benzene rings is 1. The maximum absolute atomic E-state index is 12.1. The monoisotopic (exact) mass is 427 g/mol. The summed E-state index contributed by atoms with van der Waals surface area (Å²) in [6.07, 6.45) is 3.99. The largest absolute Gasteiger partial charge is 0.447 e. The van der Waals surface area contributed by atoms with Crippen LogP contribution in [0.25, 0.3) is 5.69 Å². The molecular formula is C20H22ClN7O2. The Kier molecular flexibility index (Phi) is 5.54. The summed E-state index contributed by atoms with van der Waals surface area (Å²) in [6, 6.07) is 7.26. The van der Waals surface area contributed by atoms with Crippen LogP contribution in [0, 0.1) is 6.92 Å². The Balaban J connectivity index is 1.54. The number of nitrogens with one attached hydrogen (secondary N) is 1. The number of aryl methyl sites for hydroxylation is 1. The van der Waals surface area contributed by atoms with E-state index in [1.165, 1.54) is 4.90 Å². The zero-order chi connectivity index (χ0) is 21.3. The number of rotatable bonds is 6. The molecule has 1 aliphatic heterocycles. The van der Waals surface area contributed by atoms with Crippen LogP contribution in [-0.2, 0) is 4.74 Å². The van der Waals surface area contributed by atoms with Gasteiger partial charge in [0.2, 0.25) is 11.9 Å². The standard InChI is InChI=1S/C20H22ClN7O2/c1-4-15-10-30-20(29)28(15)19-25-13(3)24-18(26-19)23-12(2)17-9-27(11-22-17)16-7-5-14(21)6-8-16/h5-9,11-12,15H,4,10H2,1-3H3,(H,23,24,25,26)/t12?,15-/m0/s1. The van der Waals surface area contributed by atoms with Crippen LogP contribution in [0.15, 0.2) is 36.8 Å². The van der Waals surface area contributed by atoms with Gasteiger partial charge in [-0.3, -0.25) is 0 Å². The number of amides is 1. The number of nitrogens with zero attached hydrogens (tertiary/aromatic N) is 6. The highest BCUT2D eigenvalue weighted by Crippen LogP contribution is 2.24. The molecule has 4 rings (SSSR count). The predicted molar refractivity (Wildman–Crippen MR) is 113 cm³/mol. The molecule has 30 heavy (non-hydrogen) atoms. The Morgan fingerprint density at radius 3 is 2.77 bits per heavy atom. The topological polar surface area (TPSA) is 98.1 Å². The number of halogens is 1. The van der Waals surface area contributed by atoms with Crippen molar-refractivity contribution in [2.24, 2.45) is 0 Å². The molecule has 0 spiro atoms. The van der Waals surface area contributed by atoms with Gasteiger partial charge in [-0.1, -0.05) is 18.5 Å². The molecule has 156 valence electrons. The quantitative estimate of drug-likeness (QED) is 0.636. The van der Waals surface area contributed by atoms with Gasteiger partial charge in [-0.25, -0.2) is 14.7 Å². The van der Waals surface area contributed by atoms with Crippen molar-refractivity contribution in [3.8, 4) is 5.69 Å². The Morgan fingerprint density at radius 1 is 1.27 bits per heavy atom. The number of anilines is 2. The number of aromatic nitrogens is 5. The van der Waals surface area contributed by atoms with Crippen molar-refractivity contribution < 1.29 is 9.53 Å². The highest BCUT2D eigenvalue weighted by molar-refractivity contribution is 6.30. The molecule has 10 heteroatoms. The van der Waals surface area contributed by atoms with E-state index in [1.807, 2.05) is 48.9 Å². The van der Waals surface area contributed by atoms with Crippen molar-refractivity contribution in [3.05, 3.63) is 53.3 Å². The Labute approximate surface area is 179 Å². The Bertz CT molecular complexity index is 1050. The lowest BCUT2D eigenvalue weighted by Crippen LogP contribution is -2.34. The lowest BCUT2D eigenvalue weighted by Gasteiger charge is -2.19. The first-order valence-electron chi connectivity index (χ1n) is 9.69. The molecule has 0 bridgehead atoms. The summed E-state index contributed by atoms with van der Waals surface area (Å²) >= 11 is 5.96. The van der Waals surface area contributed by atoms with Gasteiger partial charge < -0.3 is 14.6 Å². The van der Waals surface area contributed by atoms with Gasteiger partial charge in [-0.05, 0) is 44.5 Å². The van der Waals surface area contributed by atoms with E-state index in [4.69, 9.17) is 16.3 Å². The molecule has 3 aromatic rings. The number of cyclic esters (lactones) is 1. The number of ether oxygens (including phenoxy) is 1. The van der Waals surface area contributed by atoms with Gasteiger partial charge in [0.15, 0.2) is 0 Å². The third-order valence-electron chi connectivity index (χ3n) is 4.90. The van der Waals surface area contributed by atoms with Crippen molar-refractivity contribution in [2.75, 3.05) is 16.8 Å². The van der Waals surface area contributed by atoms with Crippen LogP contribution in [0.4, 0.5) is 16.7 Å². The number of carbonyl (C=O) groups is 1. The smallest absolute Gasteiger partial charge is 0.417 e. The van der Waals surface area contributed by atoms with E-state index in [0.29, 0.717) is 29.4 Å². The van der Waals surface area contributed by atoms with E-state index in [-0.39, 0.29) is 12.1 Å². The zero-order valence-corrected chi connectivity index (χ0v) is 17.7. The minimum absolute atomic E-state index is 0.0837. The first-order valence-corrected chi connectivity index (χ1v) is 10.1. The molecule has 1 N–H and O–H groups in total. The second kappa shape index (κ2) is 8.27. The molecule has 1 fully saturated rings. The number of hydrogen-bond donors (Lipinski definition) is 1. The van der Waals surface area contributed by atoms with Crippen molar-refractivity contribution in [2.45, 2.75) is 39.3 Å². The summed E-state index contributed by atoms with van der Waals surface area (Å²) in [5.41, 5.74) is 1.78.